The van der Waals surface area contributed by atoms with Gasteiger partial charge >= 0.3 is 0 Å². The lowest BCUT2D eigenvalue weighted by molar-refractivity contribution is 0.629. The highest BCUT2D eigenvalue weighted by Gasteiger charge is 2.30. The van der Waals surface area contributed by atoms with Crippen LogP contribution in [0.5, 0.6) is 0 Å². The summed E-state index contributed by atoms with van der Waals surface area (Å²) in [7, 11) is 0. The first kappa shape index (κ1) is 9.22. The van der Waals surface area contributed by atoms with Gasteiger partial charge in [-0.2, -0.15) is 0 Å². The van der Waals surface area contributed by atoms with Crippen molar-refractivity contribution in [2.75, 3.05) is 5.73 Å². The zero-order valence-electron chi connectivity index (χ0n) is 8.28. The number of halogens is 1. The monoisotopic (exact) mass is 261 g/mol. The van der Waals surface area contributed by atoms with Crippen molar-refractivity contribution < 1.29 is 0 Å². The number of fused-ring (bicyclic) bond motifs is 3. The van der Waals surface area contributed by atoms with Gasteiger partial charge in [0.05, 0.1) is 0 Å². The lowest BCUT2D eigenvalue weighted by Gasteiger charge is -2.17. The molecular formula is C13H12BrN. The first-order valence-electron chi connectivity index (χ1n) is 5.18. The van der Waals surface area contributed by atoms with Crippen molar-refractivity contribution in [2.24, 2.45) is 5.92 Å². The molecule has 0 fully saturated rings. The summed E-state index contributed by atoms with van der Waals surface area (Å²) < 4.78 is 1.20. The van der Waals surface area contributed by atoms with E-state index in [4.69, 9.17) is 5.73 Å². The van der Waals surface area contributed by atoms with Crippen LogP contribution in [0, 0.1) is 5.92 Å². The molecule has 2 aliphatic carbocycles. The van der Waals surface area contributed by atoms with Gasteiger partial charge in [0.15, 0.2) is 0 Å². The predicted molar refractivity (Wildman–Crippen MR) is 66.9 cm³/mol. The van der Waals surface area contributed by atoms with E-state index in [1.807, 2.05) is 6.07 Å². The Morgan fingerprint density at radius 1 is 1.33 bits per heavy atom. The first-order chi connectivity index (χ1) is 7.24. The Morgan fingerprint density at radius 2 is 2.20 bits per heavy atom. The molecule has 2 aliphatic rings. The van der Waals surface area contributed by atoms with Gasteiger partial charge in [-0.15, -0.1) is 0 Å². The quantitative estimate of drug-likeness (QED) is 0.713. The molecule has 3 rings (SSSR count). The van der Waals surface area contributed by atoms with Crippen LogP contribution in [0.4, 0.5) is 5.69 Å². The average molecular weight is 262 g/mol. The predicted octanol–water partition coefficient (Wildman–Crippen LogP) is 3.37. The fourth-order valence-electron chi connectivity index (χ4n) is 2.60. The minimum absolute atomic E-state index is 0.557. The third kappa shape index (κ3) is 1.44. The summed E-state index contributed by atoms with van der Waals surface area (Å²) in [5, 5.41) is 0. The van der Waals surface area contributed by atoms with Gasteiger partial charge < -0.3 is 5.73 Å². The normalized spacial score (nSPS) is 27.1. The van der Waals surface area contributed by atoms with Crippen LogP contribution >= 0.6 is 15.9 Å². The molecule has 2 heteroatoms. The molecule has 0 saturated heterocycles. The molecule has 0 saturated carbocycles. The topological polar surface area (TPSA) is 26.0 Å². The summed E-state index contributed by atoms with van der Waals surface area (Å²) in [6.07, 6.45) is 7.86. The first-order valence-corrected chi connectivity index (χ1v) is 5.97. The van der Waals surface area contributed by atoms with Crippen LogP contribution < -0.4 is 5.73 Å². The summed E-state index contributed by atoms with van der Waals surface area (Å²) in [6.45, 7) is 0. The largest absolute Gasteiger partial charge is 0.399 e. The number of nitrogens with two attached hydrogens (primary N) is 1. The minimum Gasteiger partial charge on any atom is -0.399 e. The van der Waals surface area contributed by atoms with E-state index < -0.39 is 0 Å². The van der Waals surface area contributed by atoms with Crippen LogP contribution in [0.3, 0.4) is 0 Å². The Kier molecular flexibility index (Phi) is 1.99. The number of hydrogen-bond acceptors (Lipinski definition) is 1. The Hall–Kier alpha value is -1.02. The van der Waals surface area contributed by atoms with Gasteiger partial charge in [0.1, 0.15) is 0 Å². The molecule has 2 N–H and O–H groups in total. The molecule has 1 nitrogen and oxygen atoms in total. The Morgan fingerprint density at radius 3 is 3.07 bits per heavy atom. The summed E-state index contributed by atoms with van der Waals surface area (Å²) in [6, 6.07) is 6.29. The molecule has 0 radical (unpaired) electrons. The zero-order valence-corrected chi connectivity index (χ0v) is 9.87. The molecule has 1 aromatic carbocycles. The molecule has 0 spiro atoms. The standard InChI is InChI=1S/C13H12BrN/c14-10-1-3-12-8(6-10)5-9-7-11(15)2-4-13(9)12/h1-4,6-8,12H,5,15H2. The van der Waals surface area contributed by atoms with Crippen LogP contribution in [0.25, 0.3) is 0 Å². The van der Waals surface area contributed by atoms with Crippen molar-refractivity contribution in [1.82, 2.24) is 0 Å². The van der Waals surface area contributed by atoms with Crippen molar-refractivity contribution in [3.8, 4) is 0 Å². The maximum atomic E-state index is 5.80. The maximum Gasteiger partial charge on any atom is 0.0316 e. The minimum atomic E-state index is 0.557. The Balaban J connectivity index is 2.07. The van der Waals surface area contributed by atoms with E-state index in [1.165, 1.54) is 15.6 Å². The summed E-state index contributed by atoms with van der Waals surface area (Å²) in [5.74, 6) is 1.17. The molecule has 15 heavy (non-hydrogen) atoms. The number of nitrogen functional groups attached to an aromatic ring is 1. The van der Waals surface area contributed by atoms with Crippen molar-refractivity contribution >= 4 is 21.6 Å². The maximum absolute atomic E-state index is 5.80. The van der Waals surface area contributed by atoms with E-state index in [9.17, 15) is 0 Å². The lowest BCUT2D eigenvalue weighted by Crippen LogP contribution is -2.05. The molecule has 0 aromatic heterocycles. The molecule has 2 unspecified atom stereocenters. The molecule has 0 amide bonds. The third-order valence-electron chi connectivity index (χ3n) is 3.28. The van der Waals surface area contributed by atoms with Gasteiger partial charge in [-0.25, -0.2) is 0 Å². The number of hydrogen-bond donors (Lipinski definition) is 1. The fourth-order valence-corrected chi connectivity index (χ4v) is 3.10. The van der Waals surface area contributed by atoms with E-state index in [1.54, 1.807) is 0 Å². The Labute approximate surface area is 97.8 Å². The zero-order chi connectivity index (χ0) is 10.4. The van der Waals surface area contributed by atoms with Gasteiger partial charge in [-0.1, -0.05) is 40.2 Å². The Bertz CT molecular complexity index is 473. The average Bonchev–Trinajstić information content (AvgIpc) is 2.53. The second kappa shape index (κ2) is 3.24. The molecule has 0 heterocycles. The molecule has 0 bridgehead atoms. The lowest BCUT2D eigenvalue weighted by atomic mass is 9.89. The van der Waals surface area contributed by atoms with E-state index in [-0.39, 0.29) is 0 Å². The van der Waals surface area contributed by atoms with E-state index in [0.717, 1.165) is 12.1 Å². The number of allylic oxidation sites excluding steroid dienone is 4. The van der Waals surface area contributed by atoms with Crippen molar-refractivity contribution in [3.05, 3.63) is 52.0 Å². The van der Waals surface area contributed by atoms with Crippen LogP contribution in [-0.4, -0.2) is 0 Å². The highest BCUT2D eigenvalue weighted by molar-refractivity contribution is 9.11. The van der Waals surface area contributed by atoms with E-state index in [0.29, 0.717) is 11.8 Å². The molecule has 2 atom stereocenters. The highest BCUT2D eigenvalue weighted by atomic mass is 79.9. The second-order valence-corrected chi connectivity index (χ2v) is 5.18. The van der Waals surface area contributed by atoms with Crippen LogP contribution in [0.2, 0.25) is 0 Å². The molecule has 1 aromatic rings. The summed E-state index contributed by atoms with van der Waals surface area (Å²) >= 11 is 3.53. The fraction of sp³-hybridized carbons (Fsp3) is 0.231. The molecule has 0 aliphatic heterocycles. The van der Waals surface area contributed by atoms with Gasteiger partial charge in [-0.3, -0.25) is 0 Å². The summed E-state index contributed by atoms with van der Waals surface area (Å²) in [4.78, 5) is 0. The van der Waals surface area contributed by atoms with Crippen LogP contribution in [0.15, 0.2) is 40.9 Å². The van der Waals surface area contributed by atoms with E-state index in [2.05, 4.69) is 46.3 Å². The summed E-state index contributed by atoms with van der Waals surface area (Å²) in [5.41, 5.74) is 9.54. The number of benzene rings is 1. The van der Waals surface area contributed by atoms with Gasteiger partial charge in [0.2, 0.25) is 0 Å². The van der Waals surface area contributed by atoms with Gasteiger partial charge in [-0.05, 0) is 35.6 Å². The number of anilines is 1. The number of rotatable bonds is 0. The molecular weight excluding hydrogens is 250 g/mol. The molecule has 76 valence electrons. The van der Waals surface area contributed by atoms with Crippen LogP contribution in [-0.2, 0) is 6.42 Å². The van der Waals surface area contributed by atoms with Crippen molar-refractivity contribution in [1.29, 1.82) is 0 Å². The van der Waals surface area contributed by atoms with Gasteiger partial charge in [0.25, 0.3) is 0 Å². The third-order valence-corrected chi connectivity index (χ3v) is 3.81. The smallest absolute Gasteiger partial charge is 0.0316 e. The second-order valence-electron chi connectivity index (χ2n) is 4.26. The van der Waals surface area contributed by atoms with Crippen molar-refractivity contribution in [3.63, 3.8) is 0 Å². The van der Waals surface area contributed by atoms with E-state index >= 15 is 0 Å². The van der Waals surface area contributed by atoms with Crippen LogP contribution in [0.1, 0.15) is 17.0 Å². The SMILES string of the molecule is Nc1ccc2c(c1)CC1C=C(Br)C=CC21. The highest BCUT2D eigenvalue weighted by Crippen LogP contribution is 2.43. The van der Waals surface area contributed by atoms with Gasteiger partial charge in [0, 0.05) is 16.1 Å². The van der Waals surface area contributed by atoms with Crippen molar-refractivity contribution in [2.45, 2.75) is 12.3 Å².